The van der Waals surface area contributed by atoms with E-state index >= 15 is 0 Å². The van der Waals surface area contributed by atoms with Gasteiger partial charge in [0.1, 0.15) is 17.5 Å². The van der Waals surface area contributed by atoms with Crippen molar-refractivity contribution < 1.29 is 0 Å². The zero-order valence-corrected chi connectivity index (χ0v) is 13.1. The molecule has 0 aromatic carbocycles. The van der Waals surface area contributed by atoms with Gasteiger partial charge in [-0.2, -0.15) is 5.26 Å². The molecule has 1 atom stereocenters. The molecule has 110 valence electrons. The van der Waals surface area contributed by atoms with Gasteiger partial charge in [0, 0.05) is 32.1 Å². The van der Waals surface area contributed by atoms with Gasteiger partial charge in [0.15, 0.2) is 0 Å². The summed E-state index contributed by atoms with van der Waals surface area (Å²) in [5, 5.41) is 12.2. The number of hydrogen-bond donors (Lipinski definition) is 1. The van der Waals surface area contributed by atoms with Gasteiger partial charge in [-0.05, 0) is 13.3 Å². The van der Waals surface area contributed by atoms with Gasteiger partial charge in [0.2, 0.25) is 0 Å². The summed E-state index contributed by atoms with van der Waals surface area (Å²) < 4.78 is 0. The van der Waals surface area contributed by atoms with Crippen molar-refractivity contribution in [3.05, 3.63) is 11.9 Å². The third-order valence-corrected chi connectivity index (χ3v) is 2.96. The van der Waals surface area contributed by atoms with Crippen molar-refractivity contribution in [2.75, 3.05) is 30.4 Å². The van der Waals surface area contributed by atoms with Crippen molar-refractivity contribution >= 4 is 11.6 Å². The van der Waals surface area contributed by atoms with Crippen molar-refractivity contribution in [1.82, 2.24) is 9.97 Å². The molecular weight excluding hydrogens is 250 g/mol. The van der Waals surface area contributed by atoms with Crippen molar-refractivity contribution in [3.63, 3.8) is 0 Å². The molecule has 0 aliphatic carbocycles. The number of aromatic nitrogens is 2. The highest BCUT2D eigenvalue weighted by Gasteiger charge is 2.12. The molecule has 20 heavy (non-hydrogen) atoms. The number of nitrogens with zero attached hydrogens (tertiary/aromatic N) is 4. The summed E-state index contributed by atoms with van der Waals surface area (Å²) in [5.41, 5.74) is 0. The fourth-order valence-electron chi connectivity index (χ4n) is 1.80. The summed E-state index contributed by atoms with van der Waals surface area (Å²) in [6.07, 6.45) is 1.05. The number of nitrogens with one attached hydrogen (secondary N) is 1. The van der Waals surface area contributed by atoms with Gasteiger partial charge in [-0.1, -0.05) is 20.8 Å². The fourth-order valence-corrected chi connectivity index (χ4v) is 1.80. The number of rotatable bonds is 7. The molecule has 1 aromatic rings. The molecule has 0 bridgehead atoms. The minimum absolute atomic E-state index is 0.0236. The second-order valence-electron chi connectivity index (χ2n) is 5.46. The summed E-state index contributed by atoms with van der Waals surface area (Å²) in [7, 11) is 1.96. The summed E-state index contributed by atoms with van der Waals surface area (Å²) in [6.45, 7) is 9.77. The van der Waals surface area contributed by atoms with Gasteiger partial charge in [0.05, 0.1) is 12.0 Å². The van der Waals surface area contributed by atoms with E-state index in [1.54, 1.807) is 0 Å². The van der Waals surface area contributed by atoms with Crippen LogP contribution in [0.25, 0.3) is 0 Å². The van der Waals surface area contributed by atoms with Crippen LogP contribution in [0.1, 0.15) is 45.9 Å². The number of anilines is 2. The molecule has 0 saturated heterocycles. The maximum atomic E-state index is 8.92. The average molecular weight is 275 g/mol. The van der Waals surface area contributed by atoms with E-state index in [2.05, 4.69) is 42.1 Å². The SMILES string of the molecule is CCCNc1cc(N(C)CC(C)C#N)nc(C(C)C)n1. The zero-order chi connectivity index (χ0) is 15.1. The minimum Gasteiger partial charge on any atom is -0.370 e. The first-order chi connectivity index (χ1) is 9.47. The van der Waals surface area contributed by atoms with Gasteiger partial charge in [-0.3, -0.25) is 0 Å². The van der Waals surface area contributed by atoms with Crippen LogP contribution in [0.2, 0.25) is 0 Å². The van der Waals surface area contributed by atoms with Crippen LogP contribution in [0.4, 0.5) is 11.6 Å². The topological polar surface area (TPSA) is 64.8 Å². The Labute approximate surface area is 122 Å². The van der Waals surface area contributed by atoms with Crippen LogP contribution in [0.15, 0.2) is 6.07 Å². The highest BCUT2D eigenvalue weighted by atomic mass is 15.2. The van der Waals surface area contributed by atoms with E-state index in [4.69, 9.17) is 5.26 Å². The van der Waals surface area contributed by atoms with Crippen molar-refractivity contribution in [2.45, 2.75) is 40.0 Å². The van der Waals surface area contributed by atoms with Crippen molar-refractivity contribution in [2.24, 2.45) is 5.92 Å². The van der Waals surface area contributed by atoms with Crippen molar-refractivity contribution in [1.29, 1.82) is 5.26 Å². The fraction of sp³-hybridized carbons (Fsp3) is 0.667. The van der Waals surface area contributed by atoms with E-state index in [0.717, 1.165) is 30.4 Å². The third kappa shape index (κ3) is 4.69. The van der Waals surface area contributed by atoms with Crippen LogP contribution in [0.5, 0.6) is 0 Å². The van der Waals surface area contributed by atoms with Crippen LogP contribution < -0.4 is 10.2 Å². The van der Waals surface area contributed by atoms with Crippen LogP contribution in [-0.4, -0.2) is 30.1 Å². The van der Waals surface area contributed by atoms with Gasteiger partial charge < -0.3 is 10.2 Å². The first kappa shape index (κ1) is 16.2. The van der Waals surface area contributed by atoms with Crippen molar-refractivity contribution in [3.8, 4) is 6.07 Å². The van der Waals surface area contributed by atoms with Crippen LogP contribution in [-0.2, 0) is 0 Å². The Morgan fingerprint density at radius 3 is 2.60 bits per heavy atom. The molecule has 0 aliphatic rings. The van der Waals surface area contributed by atoms with Crippen LogP contribution in [0, 0.1) is 17.2 Å². The number of nitriles is 1. The van der Waals surface area contributed by atoms with E-state index in [1.165, 1.54) is 0 Å². The third-order valence-electron chi connectivity index (χ3n) is 2.96. The normalized spacial score (nSPS) is 12.1. The Bertz CT molecular complexity index is 464. The van der Waals surface area contributed by atoms with Gasteiger partial charge >= 0.3 is 0 Å². The Morgan fingerprint density at radius 1 is 1.35 bits per heavy atom. The molecule has 1 aromatic heterocycles. The molecule has 1 heterocycles. The molecule has 0 radical (unpaired) electrons. The van der Waals surface area contributed by atoms with Gasteiger partial charge in [-0.25, -0.2) is 9.97 Å². The Morgan fingerprint density at radius 2 is 2.05 bits per heavy atom. The van der Waals surface area contributed by atoms with Gasteiger partial charge in [-0.15, -0.1) is 0 Å². The van der Waals surface area contributed by atoms with Crippen LogP contribution in [0.3, 0.4) is 0 Å². The molecule has 1 unspecified atom stereocenters. The second-order valence-corrected chi connectivity index (χ2v) is 5.46. The van der Waals surface area contributed by atoms with Crippen LogP contribution >= 0.6 is 0 Å². The summed E-state index contributed by atoms with van der Waals surface area (Å²) >= 11 is 0. The first-order valence-corrected chi connectivity index (χ1v) is 7.21. The highest BCUT2D eigenvalue weighted by Crippen LogP contribution is 2.20. The Kier molecular flexibility index (Phi) is 6.23. The monoisotopic (exact) mass is 275 g/mol. The Balaban J connectivity index is 2.99. The molecule has 0 saturated carbocycles. The molecule has 5 heteroatoms. The maximum absolute atomic E-state index is 8.92. The van der Waals surface area contributed by atoms with Gasteiger partial charge in [0.25, 0.3) is 0 Å². The van der Waals surface area contributed by atoms with E-state index in [0.29, 0.717) is 6.54 Å². The quantitative estimate of drug-likeness (QED) is 0.828. The highest BCUT2D eigenvalue weighted by molar-refractivity contribution is 5.49. The standard InChI is InChI=1S/C15H25N5/c1-6-7-17-13-8-14(19-15(18-13)11(2)3)20(5)10-12(4)9-16/h8,11-12H,6-7,10H2,1-5H3,(H,17,18,19). The maximum Gasteiger partial charge on any atom is 0.135 e. The predicted octanol–water partition coefficient (Wildman–Crippen LogP) is 3.02. The largest absolute Gasteiger partial charge is 0.370 e. The first-order valence-electron chi connectivity index (χ1n) is 7.21. The second kappa shape index (κ2) is 7.68. The average Bonchev–Trinajstić information content (AvgIpc) is 2.44. The molecule has 5 nitrogen and oxygen atoms in total. The summed E-state index contributed by atoms with van der Waals surface area (Å²) in [4.78, 5) is 11.1. The molecular formula is C15H25N5. The Hall–Kier alpha value is -1.83. The predicted molar refractivity (Wildman–Crippen MR) is 82.9 cm³/mol. The van der Waals surface area contributed by atoms with E-state index in [-0.39, 0.29) is 11.8 Å². The lowest BCUT2D eigenvalue weighted by atomic mass is 10.2. The molecule has 0 aliphatic heterocycles. The smallest absolute Gasteiger partial charge is 0.135 e. The molecule has 0 amide bonds. The molecule has 1 rings (SSSR count). The minimum atomic E-state index is -0.0236. The molecule has 0 fully saturated rings. The summed E-state index contributed by atoms with van der Waals surface area (Å²) in [5.74, 6) is 2.81. The zero-order valence-electron chi connectivity index (χ0n) is 13.1. The summed E-state index contributed by atoms with van der Waals surface area (Å²) in [6, 6.07) is 4.20. The lowest BCUT2D eigenvalue weighted by Gasteiger charge is -2.21. The lowest BCUT2D eigenvalue weighted by molar-refractivity contribution is 0.700. The molecule has 1 N–H and O–H groups in total. The van der Waals surface area contributed by atoms with E-state index < -0.39 is 0 Å². The molecule has 0 spiro atoms. The number of hydrogen-bond acceptors (Lipinski definition) is 5. The lowest BCUT2D eigenvalue weighted by Crippen LogP contribution is -2.25. The van der Waals surface area contributed by atoms with E-state index in [1.807, 2.05) is 24.9 Å². The van der Waals surface area contributed by atoms with E-state index in [9.17, 15) is 0 Å².